The maximum atomic E-state index is 11.4. The largest absolute Gasteiger partial charge is 0.477 e. The lowest BCUT2D eigenvalue weighted by Crippen LogP contribution is -2.55. The topological polar surface area (TPSA) is 57.6 Å². The number of amides is 1. The fourth-order valence-electron chi connectivity index (χ4n) is 2.13. The van der Waals surface area contributed by atoms with Gasteiger partial charge in [-0.25, -0.2) is 15.7 Å². The second kappa shape index (κ2) is 3.89. The fraction of sp³-hybridized carbons (Fsp3) is 0.600. The molecule has 2 atom stereocenters. The van der Waals surface area contributed by atoms with Crippen LogP contribution in [0.15, 0.2) is 11.8 Å². The Labute approximate surface area is 91.3 Å². The van der Waals surface area contributed by atoms with E-state index < -0.39 is 5.97 Å². The van der Waals surface area contributed by atoms with Crippen LogP contribution in [0, 0.1) is 0 Å². The Hall–Kier alpha value is -0.970. The Kier molecular flexibility index (Phi) is 2.73. The summed E-state index contributed by atoms with van der Waals surface area (Å²) in [7, 11) is -0.198. The quantitative estimate of drug-likeness (QED) is 0.559. The van der Waals surface area contributed by atoms with Crippen LogP contribution in [0.2, 0.25) is 0 Å². The second-order valence-electron chi connectivity index (χ2n) is 3.84. The summed E-state index contributed by atoms with van der Waals surface area (Å²) in [6.45, 7) is 2.13. The number of carboxylic acid groups (broad SMARTS) is 1. The number of carboxylic acids is 1. The van der Waals surface area contributed by atoms with Crippen molar-refractivity contribution >= 4 is 22.8 Å². The average molecular weight is 229 g/mol. The van der Waals surface area contributed by atoms with E-state index in [-0.39, 0.29) is 27.9 Å². The third kappa shape index (κ3) is 1.65. The van der Waals surface area contributed by atoms with Gasteiger partial charge < -0.3 is 5.11 Å². The summed E-state index contributed by atoms with van der Waals surface area (Å²) in [5.74, 6) is 0.989. The first kappa shape index (κ1) is 10.5. The monoisotopic (exact) mass is 229 g/mol. The van der Waals surface area contributed by atoms with Crippen molar-refractivity contribution < 1.29 is 14.7 Å². The number of aliphatic carboxylic acids is 1. The molecule has 84 valence electrons. The molecule has 5 heteroatoms. The molecule has 2 unspecified atom stereocenters. The van der Waals surface area contributed by atoms with Crippen molar-refractivity contribution in [1.29, 1.82) is 0 Å². The zero-order chi connectivity index (χ0) is 11.0. The normalized spacial score (nSPS) is 31.7. The number of carbonyl (C=O) groups excluding carboxylic acids is 1. The number of hydrogen-bond donors (Lipinski definition) is 2. The predicted octanol–water partition coefficient (Wildman–Crippen LogP) is 0.938. The molecule has 1 saturated heterocycles. The molecule has 2 heterocycles. The lowest BCUT2D eigenvalue weighted by Gasteiger charge is -2.49. The highest BCUT2D eigenvalue weighted by Crippen LogP contribution is 2.47. The van der Waals surface area contributed by atoms with Crippen LogP contribution in [-0.4, -0.2) is 38.8 Å². The highest BCUT2D eigenvalue weighted by molar-refractivity contribution is 8.17. The Morgan fingerprint density at radius 3 is 3.00 bits per heavy atom. The number of thiol groups is 1. The Morgan fingerprint density at radius 1 is 1.73 bits per heavy atom. The van der Waals surface area contributed by atoms with Crippen molar-refractivity contribution in [3.8, 4) is 0 Å². The molecular weight excluding hydrogens is 214 g/mol. The Balaban J connectivity index is 2.18. The molecule has 0 aromatic rings. The zero-order valence-corrected chi connectivity index (χ0v) is 9.54. The molecule has 0 spiro atoms. The van der Waals surface area contributed by atoms with Crippen molar-refractivity contribution in [3.63, 3.8) is 0 Å². The number of β-lactam (4-membered cyclic amide) rings is 1. The minimum absolute atomic E-state index is 0.0306. The molecule has 4 nitrogen and oxygen atoms in total. The number of fused-ring (bicyclic) bond motifs is 1. The summed E-state index contributed by atoms with van der Waals surface area (Å²) in [5.41, 5.74) is 0.200. The summed E-state index contributed by atoms with van der Waals surface area (Å²) in [6, 6.07) is 0. The molecular formula is C10H15NO3S. The van der Waals surface area contributed by atoms with Gasteiger partial charge in [-0.1, -0.05) is 6.92 Å². The van der Waals surface area contributed by atoms with Crippen molar-refractivity contribution in [2.75, 3.05) is 11.5 Å². The maximum Gasteiger partial charge on any atom is 0.352 e. The number of nitrogens with zero attached hydrogens (tertiary/aromatic N) is 1. The summed E-state index contributed by atoms with van der Waals surface area (Å²) in [5, 5.41) is 9.15. The SMILES string of the molecule is CCC[SH]1CC=C(C(=O)O)N2C(=O)CC21. The predicted molar refractivity (Wildman–Crippen MR) is 60.0 cm³/mol. The molecule has 15 heavy (non-hydrogen) atoms. The first-order valence-corrected chi connectivity index (χ1v) is 6.93. The minimum atomic E-state index is -0.973. The van der Waals surface area contributed by atoms with Crippen molar-refractivity contribution in [2.45, 2.75) is 25.1 Å². The minimum Gasteiger partial charge on any atom is -0.477 e. The van der Waals surface area contributed by atoms with Crippen LogP contribution in [0.1, 0.15) is 19.8 Å². The summed E-state index contributed by atoms with van der Waals surface area (Å²) in [6.07, 6.45) is 3.38. The van der Waals surface area contributed by atoms with E-state index in [4.69, 9.17) is 5.11 Å². The fourth-order valence-corrected chi connectivity index (χ4v) is 4.83. The average Bonchev–Trinajstić information content (AvgIpc) is 2.18. The molecule has 0 aliphatic carbocycles. The molecule has 0 radical (unpaired) electrons. The number of carbonyl (C=O) groups is 2. The molecule has 2 aliphatic heterocycles. The van der Waals surface area contributed by atoms with E-state index in [9.17, 15) is 9.59 Å². The van der Waals surface area contributed by atoms with Gasteiger partial charge in [0.15, 0.2) is 0 Å². The second-order valence-corrected chi connectivity index (χ2v) is 6.42. The van der Waals surface area contributed by atoms with Gasteiger partial charge in [-0.15, -0.1) is 0 Å². The molecule has 2 aliphatic rings. The molecule has 1 amide bonds. The van der Waals surface area contributed by atoms with E-state index in [1.165, 1.54) is 4.90 Å². The first-order chi connectivity index (χ1) is 7.15. The third-order valence-corrected chi connectivity index (χ3v) is 5.78. The van der Waals surface area contributed by atoms with E-state index >= 15 is 0 Å². The van der Waals surface area contributed by atoms with Gasteiger partial charge in [0.25, 0.3) is 0 Å². The summed E-state index contributed by atoms with van der Waals surface area (Å²) >= 11 is 0. The van der Waals surface area contributed by atoms with Crippen LogP contribution in [0.25, 0.3) is 0 Å². The van der Waals surface area contributed by atoms with Gasteiger partial charge in [0, 0.05) is 0 Å². The van der Waals surface area contributed by atoms with Crippen molar-refractivity contribution in [2.24, 2.45) is 0 Å². The lowest BCUT2D eigenvalue weighted by atomic mass is 10.1. The van der Waals surface area contributed by atoms with Crippen LogP contribution in [0.5, 0.6) is 0 Å². The van der Waals surface area contributed by atoms with Crippen molar-refractivity contribution in [3.05, 3.63) is 11.8 Å². The Bertz CT molecular complexity index is 340. The molecule has 0 saturated carbocycles. The highest BCUT2D eigenvalue weighted by Gasteiger charge is 2.45. The maximum absolute atomic E-state index is 11.4. The first-order valence-electron chi connectivity index (χ1n) is 5.14. The van der Waals surface area contributed by atoms with Crippen LogP contribution >= 0.6 is 10.9 Å². The molecule has 0 aromatic heterocycles. The van der Waals surface area contributed by atoms with Crippen LogP contribution < -0.4 is 0 Å². The molecule has 0 bridgehead atoms. The van der Waals surface area contributed by atoms with E-state index in [0.717, 1.165) is 17.9 Å². The van der Waals surface area contributed by atoms with Gasteiger partial charge >= 0.3 is 5.97 Å². The summed E-state index contributed by atoms with van der Waals surface area (Å²) < 4.78 is 0. The van der Waals surface area contributed by atoms with Gasteiger partial charge in [0.1, 0.15) is 5.70 Å². The molecule has 2 rings (SSSR count). The van der Waals surface area contributed by atoms with E-state index in [0.29, 0.717) is 6.42 Å². The molecule has 1 N–H and O–H groups in total. The highest BCUT2D eigenvalue weighted by atomic mass is 32.2. The smallest absolute Gasteiger partial charge is 0.352 e. The standard InChI is InChI=1S/C10H15NO3S/c1-2-4-15-5-3-7(10(13)14)11-8(12)6-9(11)15/h3,9,15H,2,4-6H2,1H3,(H,13,14). The number of rotatable bonds is 3. The molecule has 0 aromatic carbocycles. The Morgan fingerprint density at radius 2 is 2.47 bits per heavy atom. The van der Waals surface area contributed by atoms with Crippen LogP contribution in [0.4, 0.5) is 0 Å². The zero-order valence-electron chi connectivity index (χ0n) is 8.64. The van der Waals surface area contributed by atoms with E-state index in [2.05, 4.69) is 6.92 Å². The number of hydrogen-bond acceptors (Lipinski definition) is 2. The van der Waals surface area contributed by atoms with Gasteiger partial charge in [-0.3, -0.25) is 9.69 Å². The molecule has 1 fully saturated rings. The van der Waals surface area contributed by atoms with Gasteiger partial charge in [-0.05, 0) is 24.0 Å². The third-order valence-electron chi connectivity index (χ3n) is 2.85. The lowest BCUT2D eigenvalue weighted by molar-refractivity contribution is -0.146. The van der Waals surface area contributed by atoms with E-state index in [1.807, 2.05) is 0 Å². The van der Waals surface area contributed by atoms with Gasteiger partial charge in [0.05, 0.1) is 11.8 Å². The summed E-state index contributed by atoms with van der Waals surface area (Å²) in [4.78, 5) is 23.8. The van der Waals surface area contributed by atoms with Crippen LogP contribution in [-0.2, 0) is 9.59 Å². The van der Waals surface area contributed by atoms with Gasteiger partial charge in [0.2, 0.25) is 5.91 Å². The van der Waals surface area contributed by atoms with Gasteiger partial charge in [-0.2, -0.15) is 0 Å². The van der Waals surface area contributed by atoms with Crippen molar-refractivity contribution in [1.82, 2.24) is 4.90 Å². The van der Waals surface area contributed by atoms with E-state index in [1.54, 1.807) is 6.08 Å². The van der Waals surface area contributed by atoms with Crippen LogP contribution in [0.3, 0.4) is 0 Å².